The molecule has 1 fully saturated rings. The molecule has 160 valence electrons. The molecule has 0 saturated carbocycles. The summed E-state index contributed by atoms with van der Waals surface area (Å²) in [6, 6.07) is 13.8. The van der Waals surface area contributed by atoms with E-state index in [1.54, 1.807) is 7.11 Å². The third-order valence-corrected chi connectivity index (χ3v) is 6.21. The average Bonchev–Trinajstić information content (AvgIpc) is 2.72. The Morgan fingerprint density at radius 3 is 2.57 bits per heavy atom. The molecular weight excluding hydrogens is 400 g/mol. The molecular formula is C25H29ClO4. The minimum atomic E-state index is -0.805. The van der Waals surface area contributed by atoms with E-state index in [1.165, 1.54) is 5.56 Å². The Balaban J connectivity index is 1.93. The largest absolute Gasteiger partial charge is 0.496 e. The maximum absolute atomic E-state index is 11.0. The second-order valence-corrected chi connectivity index (χ2v) is 8.51. The lowest BCUT2D eigenvalue weighted by Gasteiger charge is -2.42. The molecule has 0 unspecified atom stereocenters. The Kier molecular flexibility index (Phi) is 7.22. The summed E-state index contributed by atoms with van der Waals surface area (Å²) in [6.45, 7) is 8.38. The minimum Gasteiger partial charge on any atom is -0.496 e. The normalized spacial score (nSPS) is 23.7. The summed E-state index contributed by atoms with van der Waals surface area (Å²) >= 11 is 6.07. The lowest BCUT2D eigenvalue weighted by atomic mass is 9.75. The van der Waals surface area contributed by atoms with Crippen LogP contribution < -0.4 is 4.74 Å². The van der Waals surface area contributed by atoms with Gasteiger partial charge in [-0.25, -0.2) is 0 Å². The van der Waals surface area contributed by atoms with Crippen molar-refractivity contribution in [1.82, 2.24) is 0 Å². The third kappa shape index (κ3) is 5.05. The quantitative estimate of drug-likeness (QED) is 0.534. The first-order chi connectivity index (χ1) is 14.3. The lowest BCUT2D eigenvalue weighted by Crippen LogP contribution is -2.34. The van der Waals surface area contributed by atoms with Crippen LogP contribution in [0.15, 0.2) is 54.6 Å². The molecule has 0 aromatic heterocycles. The maximum atomic E-state index is 11.0. The second-order valence-electron chi connectivity index (χ2n) is 8.08. The number of ether oxygens (including phenoxy) is 2. The Morgan fingerprint density at radius 1 is 1.27 bits per heavy atom. The van der Waals surface area contributed by atoms with Gasteiger partial charge < -0.3 is 14.6 Å². The van der Waals surface area contributed by atoms with Crippen molar-refractivity contribution in [3.8, 4) is 5.75 Å². The van der Waals surface area contributed by atoms with Gasteiger partial charge in [0.15, 0.2) is 0 Å². The van der Waals surface area contributed by atoms with E-state index in [1.807, 2.05) is 37.3 Å². The smallest absolute Gasteiger partial charge is 0.303 e. The van der Waals surface area contributed by atoms with Gasteiger partial charge in [0.25, 0.3) is 0 Å². The summed E-state index contributed by atoms with van der Waals surface area (Å²) in [5.74, 6) is 0.301. The average molecular weight is 429 g/mol. The molecule has 4 nitrogen and oxygen atoms in total. The van der Waals surface area contributed by atoms with Gasteiger partial charge in [0.05, 0.1) is 19.3 Å². The van der Waals surface area contributed by atoms with Crippen LogP contribution in [0.1, 0.15) is 55.4 Å². The van der Waals surface area contributed by atoms with Gasteiger partial charge in [0.2, 0.25) is 0 Å². The number of carboxylic acids is 1. The molecule has 2 aromatic carbocycles. The van der Waals surface area contributed by atoms with E-state index in [-0.39, 0.29) is 30.5 Å². The number of carbonyl (C=O) groups is 1. The Labute approximate surface area is 183 Å². The summed E-state index contributed by atoms with van der Waals surface area (Å²) in [6.07, 6.45) is 1.28. The summed E-state index contributed by atoms with van der Waals surface area (Å²) in [4.78, 5) is 11.0. The van der Waals surface area contributed by atoms with Gasteiger partial charge in [-0.2, -0.15) is 0 Å². The van der Waals surface area contributed by atoms with Crippen molar-refractivity contribution in [1.29, 1.82) is 0 Å². The van der Waals surface area contributed by atoms with Gasteiger partial charge in [-0.3, -0.25) is 4.79 Å². The summed E-state index contributed by atoms with van der Waals surface area (Å²) < 4.78 is 12.2. The maximum Gasteiger partial charge on any atom is 0.303 e. The Bertz CT molecular complexity index is 906. The zero-order valence-corrected chi connectivity index (χ0v) is 18.5. The Hall–Kier alpha value is -2.30. The molecule has 0 aliphatic carbocycles. The van der Waals surface area contributed by atoms with Crippen molar-refractivity contribution >= 4 is 17.6 Å². The second kappa shape index (κ2) is 9.67. The van der Waals surface area contributed by atoms with Gasteiger partial charge in [0.1, 0.15) is 5.75 Å². The van der Waals surface area contributed by atoms with E-state index < -0.39 is 5.97 Å². The first-order valence-corrected chi connectivity index (χ1v) is 10.6. The molecule has 3 rings (SSSR count). The molecule has 5 heteroatoms. The molecule has 0 amide bonds. The first kappa shape index (κ1) is 22.4. The van der Waals surface area contributed by atoms with E-state index in [0.29, 0.717) is 6.42 Å². The fourth-order valence-corrected chi connectivity index (χ4v) is 4.42. The van der Waals surface area contributed by atoms with Gasteiger partial charge in [-0.15, -0.1) is 0 Å². The number of methoxy groups -OCH3 is 1. The van der Waals surface area contributed by atoms with Crippen molar-refractivity contribution < 1.29 is 19.4 Å². The van der Waals surface area contributed by atoms with Crippen molar-refractivity contribution in [3.05, 3.63) is 76.3 Å². The summed E-state index contributed by atoms with van der Waals surface area (Å²) in [7, 11) is 1.65. The van der Waals surface area contributed by atoms with Crippen LogP contribution in [0, 0.1) is 5.92 Å². The van der Waals surface area contributed by atoms with Crippen LogP contribution in [-0.4, -0.2) is 24.3 Å². The third-order valence-electron chi connectivity index (χ3n) is 5.96. The summed E-state index contributed by atoms with van der Waals surface area (Å²) in [5.41, 5.74) is 4.18. The molecule has 1 saturated heterocycles. The highest BCUT2D eigenvalue weighted by atomic mass is 35.5. The molecule has 2 aromatic rings. The van der Waals surface area contributed by atoms with Crippen LogP contribution in [0.25, 0.3) is 0 Å². The standard InChI is InChI=1S/C25H29ClO4/c1-15(2)20-14-21(18-7-9-19(26)10-8-18)16(3)30-25(20)22-13-17(6-12-24(27)28)5-11-23(22)29-4/h5,7-11,13,16,20-21,25H,1,6,12,14H2,2-4H3,(H,27,28)/t16-,20+,21+,25-/m0/s1. The number of hydrogen-bond acceptors (Lipinski definition) is 3. The van der Waals surface area contributed by atoms with Gasteiger partial charge >= 0.3 is 5.97 Å². The van der Waals surface area contributed by atoms with Gasteiger partial charge in [-0.1, -0.05) is 42.0 Å². The van der Waals surface area contributed by atoms with E-state index in [4.69, 9.17) is 26.2 Å². The Morgan fingerprint density at radius 2 is 1.97 bits per heavy atom. The number of aliphatic carboxylic acids is 1. The van der Waals surface area contributed by atoms with Crippen LogP contribution in [0.2, 0.25) is 5.02 Å². The number of aryl methyl sites for hydroxylation is 1. The summed E-state index contributed by atoms with van der Waals surface area (Å²) in [5, 5.41) is 9.75. The highest BCUT2D eigenvalue weighted by Crippen LogP contribution is 2.48. The topological polar surface area (TPSA) is 55.8 Å². The van der Waals surface area contributed by atoms with E-state index >= 15 is 0 Å². The molecule has 4 atom stereocenters. The van der Waals surface area contributed by atoms with Gasteiger partial charge in [-0.05, 0) is 62.1 Å². The highest BCUT2D eigenvalue weighted by Gasteiger charge is 2.39. The molecule has 30 heavy (non-hydrogen) atoms. The fraction of sp³-hybridized carbons (Fsp3) is 0.400. The molecule has 0 spiro atoms. The van der Waals surface area contributed by atoms with E-state index in [2.05, 4.69) is 25.6 Å². The molecule has 1 heterocycles. The number of carboxylic acid groups (broad SMARTS) is 1. The molecule has 1 N–H and O–H groups in total. The van der Waals surface area contributed by atoms with Crippen LogP contribution >= 0.6 is 11.6 Å². The molecule has 1 aliphatic heterocycles. The number of hydrogen-bond donors (Lipinski definition) is 1. The number of benzene rings is 2. The van der Waals surface area contributed by atoms with E-state index in [0.717, 1.165) is 33.9 Å². The van der Waals surface area contributed by atoms with Crippen molar-refractivity contribution in [2.75, 3.05) is 7.11 Å². The van der Waals surface area contributed by atoms with Crippen molar-refractivity contribution in [2.45, 2.75) is 51.2 Å². The fourth-order valence-electron chi connectivity index (χ4n) is 4.29. The number of rotatable bonds is 7. The zero-order valence-electron chi connectivity index (χ0n) is 17.7. The van der Waals surface area contributed by atoms with Gasteiger partial charge in [0, 0.05) is 28.8 Å². The lowest BCUT2D eigenvalue weighted by molar-refractivity contribution is -0.136. The van der Waals surface area contributed by atoms with Crippen LogP contribution in [0.3, 0.4) is 0 Å². The van der Waals surface area contributed by atoms with Crippen LogP contribution in [0.4, 0.5) is 0 Å². The predicted molar refractivity (Wildman–Crippen MR) is 119 cm³/mol. The number of halogens is 1. The SMILES string of the molecule is C=C(C)[C@H]1C[C@@H](c2ccc(Cl)cc2)[C@H](C)O[C@@H]1c1cc(CCC(=O)O)ccc1OC. The first-order valence-electron chi connectivity index (χ1n) is 10.2. The minimum absolute atomic E-state index is 0.000780. The predicted octanol–water partition coefficient (Wildman–Crippen LogP) is 6.19. The van der Waals surface area contributed by atoms with Crippen molar-refractivity contribution in [2.24, 2.45) is 5.92 Å². The van der Waals surface area contributed by atoms with E-state index in [9.17, 15) is 4.79 Å². The van der Waals surface area contributed by atoms with Crippen LogP contribution in [-0.2, 0) is 16.0 Å². The molecule has 1 aliphatic rings. The van der Waals surface area contributed by atoms with Crippen LogP contribution in [0.5, 0.6) is 5.75 Å². The highest BCUT2D eigenvalue weighted by molar-refractivity contribution is 6.30. The molecule has 0 bridgehead atoms. The molecule has 0 radical (unpaired) electrons. The zero-order chi connectivity index (χ0) is 21.8. The van der Waals surface area contributed by atoms with Crippen molar-refractivity contribution in [3.63, 3.8) is 0 Å². The monoisotopic (exact) mass is 428 g/mol.